The summed E-state index contributed by atoms with van der Waals surface area (Å²) in [6.45, 7) is 3.61. The highest BCUT2D eigenvalue weighted by Crippen LogP contribution is 2.28. The molecule has 1 N–H and O–H groups in total. The molecule has 1 unspecified atom stereocenters. The molecule has 0 aliphatic carbocycles. The standard InChI is InChI=1S/C13H17F3O2/c1-13(2,18-3)5-4-11(17)12-9(15)6-8(14)7-10(12)16/h6-7,11,17H,4-5H2,1-3H3. The van der Waals surface area contributed by atoms with Crippen LogP contribution in [-0.2, 0) is 4.74 Å². The van der Waals surface area contributed by atoms with Crippen molar-refractivity contribution in [1.29, 1.82) is 0 Å². The van der Waals surface area contributed by atoms with Crippen LogP contribution in [0.2, 0.25) is 0 Å². The van der Waals surface area contributed by atoms with Crippen LogP contribution < -0.4 is 0 Å². The molecule has 1 aromatic carbocycles. The molecule has 0 saturated carbocycles. The van der Waals surface area contributed by atoms with Gasteiger partial charge >= 0.3 is 0 Å². The minimum atomic E-state index is -1.32. The highest BCUT2D eigenvalue weighted by atomic mass is 19.1. The van der Waals surface area contributed by atoms with Crippen molar-refractivity contribution in [2.24, 2.45) is 0 Å². The molecule has 18 heavy (non-hydrogen) atoms. The molecule has 0 saturated heterocycles. The minimum absolute atomic E-state index is 0.125. The Morgan fingerprint density at radius 3 is 2.17 bits per heavy atom. The summed E-state index contributed by atoms with van der Waals surface area (Å²) in [6.07, 6.45) is -0.777. The summed E-state index contributed by atoms with van der Waals surface area (Å²) in [6, 6.07) is 1.12. The lowest BCUT2D eigenvalue weighted by Gasteiger charge is -2.24. The second kappa shape index (κ2) is 5.71. The molecule has 1 rings (SSSR count). The predicted octanol–water partition coefficient (Wildman–Crippen LogP) is 3.34. The maximum absolute atomic E-state index is 13.4. The number of ether oxygens (including phenoxy) is 1. The Hall–Kier alpha value is -1.07. The molecule has 0 fully saturated rings. The van der Waals surface area contributed by atoms with E-state index >= 15 is 0 Å². The molecule has 0 radical (unpaired) electrons. The summed E-state index contributed by atoms with van der Waals surface area (Å²) in [5, 5.41) is 9.77. The summed E-state index contributed by atoms with van der Waals surface area (Å²) < 4.78 is 44.6. The van der Waals surface area contributed by atoms with Gasteiger partial charge in [0.15, 0.2) is 0 Å². The van der Waals surface area contributed by atoms with E-state index in [0.29, 0.717) is 18.6 Å². The van der Waals surface area contributed by atoms with Crippen LogP contribution in [0.4, 0.5) is 13.2 Å². The van der Waals surface area contributed by atoms with Gasteiger partial charge in [-0.15, -0.1) is 0 Å². The van der Waals surface area contributed by atoms with Crippen LogP contribution in [0.1, 0.15) is 38.4 Å². The lowest BCUT2D eigenvalue weighted by atomic mass is 9.96. The molecular formula is C13H17F3O2. The fourth-order valence-corrected chi connectivity index (χ4v) is 1.60. The third-order valence-electron chi connectivity index (χ3n) is 2.95. The van der Waals surface area contributed by atoms with Crippen LogP contribution >= 0.6 is 0 Å². The summed E-state index contributed by atoms with van der Waals surface area (Å²) in [5.41, 5.74) is -0.989. The van der Waals surface area contributed by atoms with Crippen LogP contribution in [0.25, 0.3) is 0 Å². The Morgan fingerprint density at radius 1 is 1.22 bits per heavy atom. The summed E-state index contributed by atoms with van der Waals surface area (Å²) in [7, 11) is 1.52. The van der Waals surface area contributed by atoms with E-state index in [0.717, 1.165) is 0 Å². The predicted molar refractivity (Wildman–Crippen MR) is 61.6 cm³/mol. The van der Waals surface area contributed by atoms with Gasteiger partial charge < -0.3 is 9.84 Å². The van der Waals surface area contributed by atoms with Crippen molar-refractivity contribution in [3.8, 4) is 0 Å². The third kappa shape index (κ3) is 3.71. The highest BCUT2D eigenvalue weighted by molar-refractivity contribution is 5.23. The van der Waals surface area contributed by atoms with Crippen LogP contribution in [0.3, 0.4) is 0 Å². The monoisotopic (exact) mass is 262 g/mol. The molecule has 0 aromatic heterocycles. The van der Waals surface area contributed by atoms with Gasteiger partial charge in [0.2, 0.25) is 0 Å². The molecule has 0 spiro atoms. The van der Waals surface area contributed by atoms with Crippen molar-refractivity contribution < 1.29 is 23.0 Å². The largest absolute Gasteiger partial charge is 0.388 e. The van der Waals surface area contributed by atoms with Gasteiger partial charge in [0.05, 0.1) is 17.3 Å². The second-order valence-electron chi connectivity index (χ2n) is 4.80. The van der Waals surface area contributed by atoms with Crippen molar-refractivity contribution in [2.75, 3.05) is 7.11 Å². The van der Waals surface area contributed by atoms with E-state index < -0.39 is 34.7 Å². The zero-order valence-electron chi connectivity index (χ0n) is 10.6. The Kier molecular flexibility index (Phi) is 4.76. The quantitative estimate of drug-likeness (QED) is 0.881. The van der Waals surface area contributed by atoms with Crippen LogP contribution in [0, 0.1) is 17.5 Å². The van der Waals surface area contributed by atoms with Gasteiger partial charge in [-0.05, 0) is 26.7 Å². The van der Waals surface area contributed by atoms with Crippen molar-refractivity contribution in [1.82, 2.24) is 0 Å². The Labute approximate surface area is 104 Å². The smallest absolute Gasteiger partial charge is 0.134 e. The van der Waals surface area contributed by atoms with Gasteiger partial charge in [0.25, 0.3) is 0 Å². The summed E-state index contributed by atoms with van der Waals surface area (Å²) >= 11 is 0. The Balaban J connectivity index is 2.82. The maximum atomic E-state index is 13.4. The number of rotatable bonds is 5. The molecule has 102 valence electrons. The van der Waals surface area contributed by atoms with E-state index in [1.54, 1.807) is 13.8 Å². The Morgan fingerprint density at radius 2 is 1.72 bits per heavy atom. The summed E-state index contributed by atoms with van der Waals surface area (Å²) in [5.74, 6) is -3.15. The Bertz CT molecular complexity index is 396. The number of methoxy groups -OCH3 is 1. The average Bonchev–Trinajstić information content (AvgIpc) is 2.25. The second-order valence-corrected chi connectivity index (χ2v) is 4.80. The normalized spacial score (nSPS) is 13.7. The fourth-order valence-electron chi connectivity index (χ4n) is 1.60. The van der Waals surface area contributed by atoms with E-state index in [2.05, 4.69) is 0 Å². The number of halogens is 3. The topological polar surface area (TPSA) is 29.5 Å². The first-order chi connectivity index (χ1) is 8.26. The molecule has 1 aromatic rings. The van der Waals surface area contributed by atoms with Crippen LogP contribution in [-0.4, -0.2) is 17.8 Å². The van der Waals surface area contributed by atoms with Gasteiger partial charge in [-0.25, -0.2) is 13.2 Å². The average molecular weight is 262 g/mol. The van der Waals surface area contributed by atoms with E-state index in [4.69, 9.17) is 4.74 Å². The van der Waals surface area contributed by atoms with Crippen LogP contribution in [0.15, 0.2) is 12.1 Å². The molecule has 2 nitrogen and oxygen atoms in total. The molecule has 0 bridgehead atoms. The molecule has 0 aliphatic heterocycles. The van der Waals surface area contributed by atoms with Gasteiger partial charge in [0, 0.05) is 19.2 Å². The van der Waals surface area contributed by atoms with Crippen LogP contribution in [0.5, 0.6) is 0 Å². The van der Waals surface area contributed by atoms with Gasteiger partial charge in [-0.2, -0.15) is 0 Å². The number of hydrogen-bond acceptors (Lipinski definition) is 2. The zero-order chi connectivity index (χ0) is 13.9. The van der Waals surface area contributed by atoms with Gasteiger partial charge in [0.1, 0.15) is 17.5 Å². The number of hydrogen-bond donors (Lipinski definition) is 1. The molecule has 0 amide bonds. The SMILES string of the molecule is COC(C)(C)CCC(O)c1c(F)cc(F)cc1F. The lowest BCUT2D eigenvalue weighted by molar-refractivity contribution is 0.00212. The number of aliphatic hydroxyl groups excluding tert-OH is 1. The van der Waals surface area contributed by atoms with Crippen molar-refractivity contribution in [3.63, 3.8) is 0 Å². The molecule has 0 aliphatic rings. The summed E-state index contributed by atoms with van der Waals surface area (Å²) in [4.78, 5) is 0. The zero-order valence-corrected chi connectivity index (χ0v) is 10.6. The number of aliphatic hydroxyl groups is 1. The molecule has 1 atom stereocenters. The molecule has 0 heterocycles. The first kappa shape index (κ1) is 15.0. The fraction of sp³-hybridized carbons (Fsp3) is 0.538. The van der Waals surface area contributed by atoms with E-state index in [1.807, 2.05) is 0 Å². The van der Waals surface area contributed by atoms with Crippen molar-refractivity contribution in [3.05, 3.63) is 35.1 Å². The first-order valence-electron chi connectivity index (χ1n) is 5.64. The van der Waals surface area contributed by atoms with Gasteiger partial charge in [-0.1, -0.05) is 0 Å². The maximum Gasteiger partial charge on any atom is 0.134 e. The van der Waals surface area contributed by atoms with E-state index in [9.17, 15) is 18.3 Å². The van der Waals surface area contributed by atoms with Crippen molar-refractivity contribution in [2.45, 2.75) is 38.4 Å². The van der Waals surface area contributed by atoms with E-state index in [1.165, 1.54) is 7.11 Å². The third-order valence-corrected chi connectivity index (χ3v) is 2.95. The lowest BCUT2D eigenvalue weighted by Crippen LogP contribution is -2.23. The molecular weight excluding hydrogens is 245 g/mol. The first-order valence-corrected chi connectivity index (χ1v) is 5.64. The minimum Gasteiger partial charge on any atom is -0.388 e. The highest BCUT2D eigenvalue weighted by Gasteiger charge is 2.23. The van der Waals surface area contributed by atoms with E-state index in [-0.39, 0.29) is 6.42 Å². The van der Waals surface area contributed by atoms with Gasteiger partial charge in [-0.3, -0.25) is 0 Å². The van der Waals surface area contributed by atoms with Crippen molar-refractivity contribution >= 4 is 0 Å². The molecule has 5 heteroatoms. The number of benzene rings is 1.